The summed E-state index contributed by atoms with van der Waals surface area (Å²) in [5.41, 5.74) is 2.97. The standard InChI is InChI=1S/C21H19ClN4O2/c1-13-4-5-15(10-21(27)24-20-6-14(2)25-26(20)3)9-19(13)28-18-8-16(12-23)7-17(22)11-18/h4-9,11H,10H2,1-3H3,(H,24,27). The van der Waals surface area contributed by atoms with Gasteiger partial charge in [0.15, 0.2) is 0 Å². The van der Waals surface area contributed by atoms with Crippen molar-refractivity contribution in [1.82, 2.24) is 9.78 Å². The SMILES string of the molecule is Cc1cc(NC(=O)Cc2ccc(C)c(Oc3cc(Cl)cc(C#N)c3)c2)n(C)n1. The third-order valence-electron chi connectivity index (χ3n) is 4.11. The summed E-state index contributed by atoms with van der Waals surface area (Å²) >= 11 is 6.04. The Balaban J connectivity index is 1.76. The smallest absolute Gasteiger partial charge is 0.229 e. The third kappa shape index (κ3) is 4.70. The van der Waals surface area contributed by atoms with Crippen molar-refractivity contribution in [2.45, 2.75) is 20.3 Å². The number of nitrogens with zero attached hydrogens (tertiary/aromatic N) is 3. The van der Waals surface area contributed by atoms with E-state index in [1.807, 2.05) is 38.1 Å². The lowest BCUT2D eigenvalue weighted by atomic mass is 10.1. The van der Waals surface area contributed by atoms with Crippen molar-refractivity contribution in [3.63, 3.8) is 0 Å². The maximum Gasteiger partial charge on any atom is 0.229 e. The molecule has 0 unspecified atom stereocenters. The van der Waals surface area contributed by atoms with Gasteiger partial charge in [-0.25, -0.2) is 0 Å². The van der Waals surface area contributed by atoms with Crippen molar-refractivity contribution in [3.8, 4) is 17.6 Å². The van der Waals surface area contributed by atoms with Crippen LogP contribution in [-0.2, 0) is 18.3 Å². The van der Waals surface area contributed by atoms with Crippen molar-refractivity contribution in [2.24, 2.45) is 7.05 Å². The fourth-order valence-corrected chi connectivity index (χ4v) is 3.00. The molecule has 1 aromatic heterocycles. The summed E-state index contributed by atoms with van der Waals surface area (Å²) < 4.78 is 7.54. The highest BCUT2D eigenvalue weighted by atomic mass is 35.5. The van der Waals surface area contributed by atoms with Crippen LogP contribution < -0.4 is 10.1 Å². The molecular formula is C21H19ClN4O2. The largest absolute Gasteiger partial charge is 0.457 e. The molecule has 142 valence electrons. The van der Waals surface area contributed by atoms with E-state index in [0.29, 0.717) is 27.9 Å². The number of amides is 1. The summed E-state index contributed by atoms with van der Waals surface area (Å²) in [6.45, 7) is 3.78. The van der Waals surface area contributed by atoms with Crippen LogP contribution in [0.5, 0.6) is 11.5 Å². The lowest BCUT2D eigenvalue weighted by molar-refractivity contribution is -0.115. The number of nitrogens with one attached hydrogen (secondary N) is 1. The topological polar surface area (TPSA) is 79.9 Å². The molecule has 0 aliphatic carbocycles. The molecule has 3 aromatic rings. The van der Waals surface area contributed by atoms with Crippen LogP contribution in [0.25, 0.3) is 0 Å². The van der Waals surface area contributed by atoms with Crippen molar-refractivity contribution in [2.75, 3.05) is 5.32 Å². The van der Waals surface area contributed by atoms with Crippen LogP contribution in [0.15, 0.2) is 42.5 Å². The summed E-state index contributed by atoms with van der Waals surface area (Å²) in [6, 6.07) is 14.3. The van der Waals surface area contributed by atoms with Crippen LogP contribution in [0.1, 0.15) is 22.4 Å². The Morgan fingerprint density at radius 3 is 2.71 bits per heavy atom. The lowest BCUT2D eigenvalue weighted by Crippen LogP contribution is -2.16. The van der Waals surface area contributed by atoms with Crippen molar-refractivity contribution >= 4 is 23.3 Å². The van der Waals surface area contributed by atoms with Gasteiger partial charge in [-0.15, -0.1) is 0 Å². The van der Waals surface area contributed by atoms with Crippen LogP contribution in [0.3, 0.4) is 0 Å². The fourth-order valence-electron chi connectivity index (χ4n) is 2.78. The van der Waals surface area contributed by atoms with Crippen LogP contribution in [0.2, 0.25) is 5.02 Å². The number of benzene rings is 2. The van der Waals surface area contributed by atoms with Gasteiger partial charge in [0.25, 0.3) is 0 Å². The van der Waals surface area contributed by atoms with Gasteiger partial charge < -0.3 is 10.1 Å². The van der Waals surface area contributed by atoms with Crippen LogP contribution >= 0.6 is 11.6 Å². The zero-order valence-corrected chi connectivity index (χ0v) is 16.5. The summed E-state index contributed by atoms with van der Waals surface area (Å²) in [5, 5.41) is 16.6. The van der Waals surface area contributed by atoms with Crippen LogP contribution in [0.4, 0.5) is 5.82 Å². The Morgan fingerprint density at radius 2 is 2.04 bits per heavy atom. The van der Waals surface area contributed by atoms with E-state index in [9.17, 15) is 4.79 Å². The zero-order valence-electron chi connectivity index (χ0n) is 15.8. The highest BCUT2D eigenvalue weighted by Gasteiger charge is 2.11. The number of carbonyl (C=O) groups is 1. The molecule has 0 saturated heterocycles. The van der Waals surface area contributed by atoms with Crippen molar-refractivity contribution in [3.05, 3.63) is 69.9 Å². The number of hydrogen-bond acceptors (Lipinski definition) is 4. The van der Waals surface area contributed by atoms with Crippen molar-refractivity contribution in [1.29, 1.82) is 5.26 Å². The fraction of sp³-hybridized carbons (Fsp3) is 0.190. The average Bonchev–Trinajstić information content (AvgIpc) is 2.94. The number of halogens is 1. The van der Waals surface area contributed by atoms with Gasteiger partial charge in [0.2, 0.25) is 5.91 Å². The first-order valence-corrected chi connectivity index (χ1v) is 9.00. The Bertz CT molecular complexity index is 1080. The molecule has 1 N–H and O–H groups in total. The molecule has 0 aliphatic heterocycles. The first-order chi connectivity index (χ1) is 13.3. The maximum absolute atomic E-state index is 12.4. The molecule has 7 heteroatoms. The monoisotopic (exact) mass is 394 g/mol. The highest BCUT2D eigenvalue weighted by molar-refractivity contribution is 6.30. The van der Waals surface area contributed by atoms with Gasteiger partial charge in [-0.2, -0.15) is 10.4 Å². The van der Waals surface area contributed by atoms with E-state index in [2.05, 4.69) is 16.5 Å². The number of ether oxygens (including phenoxy) is 1. The molecule has 3 rings (SSSR count). The molecular weight excluding hydrogens is 376 g/mol. The Kier molecular flexibility index (Phi) is 5.67. The summed E-state index contributed by atoms with van der Waals surface area (Å²) in [7, 11) is 1.78. The minimum atomic E-state index is -0.146. The molecule has 0 atom stereocenters. The minimum absolute atomic E-state index is 0.146. The number of aryl methyl sites for hydroxylation is 3. The second-order valence-electron chi connectivity index (χ2n) is 6.51. The predicted octanol–water partition coefficient (Wildman–Crippen LogP) is 4.54. The van der Waals surface area contributed by atoms with Gasteiger partial charge in [-0.1, -0.05) is 23.7 Å². The molecule has 6 nitrogen and oxygen atoms in total. The molecule has 2 aromatic carbocycles. The second-order valence-corrected chi connectivity index (χ2v) is 6.95. The van der Waals surface area contributed by atoms with E-state index in [1.165, 1.54) is 0 Å². The van der Waals surface area contributed by atoms with Gasteiger partial charge in [0.05, 0.1) is 23.7 Å². The van der Waals surface area contributed by atoms with Gasteiger partial charge in [0, 0.05) is 18.1 Å². The van der Waals surface area contributed by atoms with E-state index in [4.69, 9.17) is 21.6 Å². The molecule has 0 spiro atoms. The number of hydrogen-bond donors (Lipinski definition) is 1. The number of carbonyl (C=O) groups excluding carboxylic acids is 1. The predicted molar refractivity (Wildman–Crippen MR) is 108 cm³/mol. The van der Waals surface area contributed by atoms with Crippen LogP contribution in [0, 0.1) is 25.2 Å². The molecule has 0 radical (unpaired) electrons. The third-order valence-corrected chi connectivity index (χ3v) is 4.33. The first kappa shape index (κ1) is 19.5. The second kappa shape index (κ2) is 8.15. The quantitative estimate of drug-likeness (QED) is 0.689. The number of aromatic nitrogens is 2. The van der Waals surface area contributed by atoms with Gasteiger partial charge >= 0.3 is 0 Å². The van der Waals surface area contributed by atoms with Crippen molar-refractivity contribution < 1.29 is 9.53 Å². The van der Waals surface area contributed by atoms with E-state index in [1.54, 1.807) is 29.9 Å². The van der Waals surface area contributed by atoms with Gasteiger partial charge in [0.1, 0.15) is 17.3 Å². The molecule has 1 heterocycles. The minimum Gasteiger partial charge on any atom is -0.457 e. The number of anilines is 1. The Labute approximate surface area is 168 Å². The molecule has 0 fully saturated rings. The maximum atomic E-state index is 12.4. The summed E-state index contributed by atoms with van der Waals surface area (Å²) in [6.07, 6.45) is 0.194. The Hall–Kier alpha value is -3.30. The summed E-state index contributed by atoms with van der Waals surface area (Å²) in [5.74, 6) is 1.58. The van der Waals surface area contributed by atoms with E-state index in [0.717, 1.165) is 16.8 Å². The average molecular weight is 395 g/mol. The molecule has 28 heavy (non-hydrogen) atoms. The molecule has 1 amide bonds. The lowest BCUT2D eigenvalue weighted by Gasteiger charge is -2.12. The van der Waals surface area contributed by atoms with E-state index < -0.39 is 0 Å². The van der Waals surface area contributed by atoms with E-state index >= 15 is 0 Å². The number of nitriles is 1. The molecule has 0 saturated carbocycles. The zero-order chi connectivity index (χ0) is 20.3. The first-order valence-electron chi connectivity index (χ1n) is 8.62. The van der Waals surface area contributed by atoms with Gasteiger partial charge in [-0.05, 0) is 49.2 Å². The Morgan fingerprint density at radius 1 is 1.25 bits per heavy atom. The highest BCUT2D eigenvalue weighted by Crippen LogP contribution is 2.29. The van der Waals surface area contributed by atoms with Gasteiger partial charge in [-0.3, -0.25) is 9.48 Å². The van der Waals surface area contributed by atoms with E-state index in [-0.39, 0.29) is 12.3 Å². The molecule has 0 bridgehead atoms. The van der Waals surface area contributed by atoms with Crippen LogP contribution in [-0.4, -0.2) is 15.7 Å². The molecule has 0 aliphatic rings. The normalized spacial score (nSPS) is 10.4. The number of rotatable bonds is 5. The summed E-state index contributed by atoms with van der Waals surface area (Å²) in [4.78, 5) is 12.4.